The molecule has 0 aliphatic heterocycles. The molecule has 2 rings (SSSR count). The van der Waals surface area contributed by atoms with Crippen molar-refractivity contribution in [3.05, 3.63) is 35.8 Å². The van der Waals surface area contributed by atoms with Crippen molar-refractivity contribution in [2.75, 3.05) is 0 Å². The zero-order chi connectivity index (χ0) is 12.5. The Bertz CT molecular complexity index is 428. The average molecular weight is 232 g/mol. The first-order valence-corrected chi connectivity index (χ1v) is 6.09. The summed E-state index contributed by atoms with van der Waals surface area (Å²) in [7, 11) is 0. The number of hydrogen-bond donors (Lipinski definition) is 2. The molecule has 1 aliphatic rings. The summed E-state index contributed by atoms with van der Waals surface area (Å²) in [4.78, 5) is 4.38. The van der Waals surface area contributed by atoms with E-state index in [1.165, 1.54) is 12.8 Å². The van der Waals surface area contributed by atoms with E-state index in [2.05, 4.69) is 31.1 Å². The summed E-state index contributed by atoms with van der Waals surface area (Å²) in [6.45, 7) is 6.17. The van der Waals surface area contributed by atoms with Crippen molar-refractivity contribution in [2.45, 2.75) is 45.1 Å². The molecule has 0 amide bonds. The Morgan fingerprint density at radius 1 is 1.47 bits per heavy atom. The van der Waals surface area contributed by atoms with Gasteiger partial charge in [0.15, 0.2) is 0 Å². The molecule has 92 valence electrons. The highest BCUT2D eigenvalue weighted by Crippen LogP contribution is 2.41. The smallest absolute Gasteiger partial charge is 0.140 e. The van der Waals surface area contributed by atoms with E-state index in [1.807, 2.05) is 12.1 Å². The second kappa shape index (κ2) is 4.40. The number of nitrogens with zero attached hydrogens (tertiary/aromatic N) is 1. The molecule has 0 saturated heterocycles. The summed E-state index contributed by atoms with van der Waals surface area (Å²) in [5.74, 6) is 0.811. The Kier molecular flexibility index (Phi) is 3.09. The molecule has 1 aromatic rings. The lowest BCUT2D eigenvalue weighted by Gasteiger charge is -2.19. The second-order valence-electron chi connectivity index (χ2n) is 5.63. The molecule has 0 spiro atoms. The Morgan fingerprint density at radius 3 is 2.76 bits per heavy atom. The van der Waals surface area contributed by atoms with E-state index in [0.29, 0.717) is 5.92 Å². The number of rotatable bonds is 3. The molecule has 3 heteroatoms. The highest BCUT2D eigenvalue weighted by atomic mass is 16.3. The minimum Gasteiger partial charge on any atom is -0.506 e. The van der Waals surface area contributed by atoms with Gasteiger partial charge >= 0.3 is 0 Å². The van der Waals surface area contributed by atoms with Crippen molar-refractivity contribution in [3.63, 3.8) is 0 Å². The molecular formula is C14H20N2O. The van der Waals surface area contributed by atoms with Gasteiger partial charge in [0.25, 0.3) is 0 Å². The van der Waals surface area contributed by atoms with Gasteiger partial charge in [-0.15, -0.1) is 0 Å². The van der Waals surface area contributed by atoms with Gasteiger partial charge in [-0.05, 0) is 45.7 Å². The van der Waals surface area contributed by atoms with Gasteiger partial charge in [-0.2, -0.15) is 0 Å². The van der Waals surface area contributed by atoms with Gasteiger partial charge in [0.05, 0.1) is 5.69 Å². The fourth-order valence-electron chi connectivity index (χ4n) is 1.68. The predicted molar refractivity (Wildman–Crippen MR) is 69.7 cm³/mol. The molecule has 1 saturated carbocycles. The molecule has 1 fully saturated rings. The molecular weight excluding hydrogens is 212 g/mol. The lowest BCUT2D eigenvalue weighted by Crippen LogP contribution is -2.31. The van der Waals surface area contributed by atoms with Crippen LogP contribution in [0.1, 0.15) is 50.8 Å². The number of aliphatic hydroxyl groups excluding tert-OH is 1. The van der Waals surface area contributed by atoms with Gasteiger partial charge < -0.3 is 10.4 Å². The summed E-state index contributed by atoms with van der Waals surface area (Å²) >= 11 is 0. The molecule has 1 heterocycles. The third-order valence-corrected chi connectivity index (χ3v) is 2.72. The Balaban J connectivity index is 2.21. The zero-order valence-electron chi connectivity index (χ0n) is 10.7. The normalized spacial score (nSPS) is 17.0. The third kappa shape index (κ3) is 3.22. The van der Waals surface area contributed by atoms with Crippen LogP contribution in [-0.4, -0.2) is 15.6 Å². The zero-order valence-corrected chi connectivity index (χ0v) is 10.7. The number of nitrogens with one attached hydrogen (secondary N) is 1. The fraction of sp³-hybridized carbons (Fsp3) is 0.500. The maximum Gasteiger partial charge on any atom is 0.140 e. The van der Waals surface area contributed by atoms with Crippen LogP contribution >= 0.6 is 0 Å². The Hall–Kier alpha value is -1.51. The van der Waals surface area contributed by atoms with Crippen LogP contribution in [0.25, 0.3) is 5.76 Å². The van der Waals surface area contributed by atoms with Crippen molar-refractivity contribution in [2.24, 2.45) is 0 Å². The fourth-order valence-corrected chi connectivity index (χ4v) is 1.68. The average Bonchev–Trinajstić information content (AvgIpc) is 3.09. The van der Waals surface area contributed by atoms with E-state index in [1.54, 1.807) is 12.4 Å². The minimum absolute atomic E-state index is 0.0457. The van der Waals surface area contributed by atoms with Gasteiger partial charge in [-0.3, -0.25) is 4.98 Å². The van der Waals surface area contributed by atoms with Gasteiger partial charge in [0.1, 0.15) is 5.76 Å². The number of aliphatic hydroxyl groups is 1. The van der Waals surface area contributed by atoms with E-state index >= 15 is 0 Å². The molecule has 0 unspecified atom stereocenters. The number of hydrogen-bond acceptors (Lipinski definition) is 3. The quantitative estimate of drug-likeness (QED) is 0.787. The molecule has 0 bridgehead atoms. The highest BCUT2D eigenvalue weighted by Gasteiger charge is 2.28. The summed E-state index contributed by atoms with van der Waals surface area (Å²) < 4.78 is 0. The monoisotopic (exact) mass is 232 g/mol. The first kappa shape index (κ1) is 12.0. The van der Waals surface area contributed by atoms with Crippen LogP contribution in [0.3, 0.4) is 0 Å². The van der Waals surface area contributed by atoms with Crippen LogP contribution in [0.4, 0.5) is 0 Å². The van der Waals surface area contributed by atoms with Gasteiger partial charge in [0.2, 0.25) is 0 Å². The lowest BCUT2D eigenvalue weighted by atomic mass is 10.1. The van der Waals surface area contributed by atoms with E-state index in [-0.39, 0.29) is 11.3 Å². The number of aromatic nitrogens is 1. The highest BCUT2D eigenvalue weighted by molar-refractivity contribution is 5.61. The topological polar surface area (TPSA) is 45.1 Å². The summed E-state index contributed by atoms with van der Waals surface area (Å²) in [5, 5.41) is 13.3. The van der Waals surface area contributed by atoms with Crippen LogP contribution in [-0.2, 0) is 0 Å². The standard InChI is InChI=1S/C14H20N2O/c1-14(2,3)16-9-12(17)11-5-4-8-15-13(11)10-6-7-10/h4-5,8-10,16-17H,6-7H2,1-3H3/b12-9-. The van der Waals surface area contributed by atoms with E-state index in [9.17, 15) is 5.11 Å². The van der Waals surface area contributed by atoms with Gasteiger partial charge in [0, 0.05) is 29.4 Å². The van der Waals surface area contributed by atoms with Crippen molar-refractivity contribution >= 4 is 5.76 Å². The van der Waals surface area contributed by atoms with Crippen LogP contribution in [0.2, 0.25) is 0 Å². The maximum atomic E-state index is 10.1. The number of pyridine rings is 1. The molecule has 1 aromatic heterocycles. The largest absolute Gasteiger partial charge is 0.506 e. The van der Waals surface area contributed by atoms with Crippen LogP contribution < -0.4 is 5.32 Å². The van der Waals surface area contributed by atoms with E-state index in [4.69, 9.17) is 0 Å². The van der Waals surface area contributed by atoms with Crippen LogP contribution in [0.5, 0.6) is 0 Å². The van der Waals surface area contributed by atoms with Crippen molar-refractivity contribution in [1.29, 1.82) is 0 Å². The van der Waals surface area contributed by atoms with Crippen molar-refractivity contribution < 1.29 is 5.11 Å². The molecule has 1 aliphatic carbocycles. The summed E-state index contributed by atoms with van der Waals surface area (Å²) in [5.41, 5.74) is 1.83. The second-order valence-corrected chi connectivity index (χ2v) is 5.63. The molecule has 17 heavy (non-hydrogen) atoms. The molecule has 0 atom stereocenters. The molecule has 2 N–H and O–H groups in total. The first-order chi connectivity index (χ1) is 7.97. The van der Waals surface area contributed by atoms with E-state index in [0.717, 1.165) is 11.3 Å². The van der Waals surface area contributed by atoms with E-state index < -0.39 is 0 Å². The molecule has 0 aromatic carbocycles. The van der Waals surface area contributed by atoms with Crippen LogP contribution in [0, 0.1) is 0 Å². The lowest BCUT2D eigenvalue weighted by molar-refractivity contribution is 0.467. The van der Waals surface area contributed by atoms with Crippen molar-refractivity contribution in [3.8, 4) is 0 Å². The molecule has 3 nitrogen and oxygen atoms in total. The van der Waals surface area contributed by atoms with Gasteiger partial charge in [-0.1, -0.05) is 0 Å². The summed E-state index contributed by atoms with van der Waals surface area (Å²) in [6.07, 6.45) is 5.83. The molecule has 0 radical (unpaired) electrons. The minimum atomic E-state index is -0.0457. The Labute approximate surface area is 103 Å². The van der Waals surface area contributed by atoms with Crippen LogP contribution in [0.15, 0.2) is 24.5 Å². The first-order valence-electron chi connectivity index (χ1n) is 6.09. The predicted octanol–water partition coefficient (Wildman–Crippen LogP) is 3.20. The van der Waals surface area contributed by atoms with Gasteiger partial charge in [-0.25, -0.2) is 0 Å². The Morgan fingerprint density at radius 2 is 2.18 bits per heavy atom. The maximum absolute atomic E-state index is 10.1. The SMILES string of the molecule is CC(C)(C)N/C=C(\O)c1cccnc1C1CC1. The third-order valence-electron chi connectivity index (χ3n) is 2.72. The summed E-state index contributed by atoms with van der Waals surface area (Å²) in [6, 6.07) is 3.79. The van der Waals surface area contributed by atoms with Crippen molar-refractivity contribution in [1.82, 2.24) is 10.3 Å².